The van der Waals surface area contributed by atoms with Crippen LogP contribution in [0.3, 0.4) is 0 Å². The third-order valence-corrected chi connectivity index (χ3v) is 3.40. The van der Waals surface area contributed by atoms with Gasteiger partial charge in [0.1, 0.15) is 22.7 Å². The number of carbonyl (C=O) groups excluding carboxylic acids is 1. The monoisotopic (exact) mass is 303 g/mol. The number of halogens is 2. The Labute approximate surface area is 116 Å². The van der Waals surface area contributed by atoms with Gasteiger partial charge in [-0.1, -0.05) is 23.2 Å². The lowest BCUT2D eigenvalue weighted by molar-refractivity contribution is 0.102. The summed E-state index contributed by atoms with van der Waals surface area (Å²) in [5, 5.41) is 4.91. The van der Waals surface area contributed by atoms with Gasteiger partial charge in [0.2, 0.25) is 0 Å². The Morgan fingerprint density at radius 2 is 2.06 bits per heavy atom. The van der Waals surface area contributed by atoms with E-state index in [-0.39, 0.29) is 28.2 Å². The topological polar surface area (TPSA) is 93.8 Å². The Kier molecular flexibility index (Phi) is 4.07. The van der Waals surface area contributed by atoms with E-state index in [2.05, 4.69) is 20.3 Å². The molecule has 6 nitrogen and oxygen atoms in total. The summed E-state index contributed by atoms with van der Waals surface area (Å²) in [7, 11) is 0. The molecule has 2 aromatic rings. The van der Waals surface area contributed by atoms with Gasteiger partial charge in [-0.25, -0.2) is 15.0 Å². The van der Waals surface area contributed by atoms with Crippen LogP contribution in [0.5, 0.6) is 0 Å². The molecule has 2 heterocycles. The third kappa shape index (κ3) is 2.75. The maximum atomic E-state index is 11.9. The van der Waals surface area contributed by atoms with E-state index in [1.165, 1.54) is 17.7 Å². The van der Waals surface area contributed by atoms with E-state index in [0.717, 1.165) is 0 Å². The standard InChI is InChI=1S/C9H7Cl2N5OS/c10-7-6(8(11)14-3-13-7)16-9(17)4-2-18-5(1-12)15-4/h2-3H,1,12H2,(H,16,17). The van der Waals surface area contributed by atoms with E-state index >= 15 is 0 Å². The summed E-state index contributed by atoms with van der Waals surface area (Å²) >= 11 is 12.9. The van der Waals surface area contributed by atoms with Gasteiger partial charge in [-0.3, -0.25) is 4.79 Å². The number of hydrogen-bond donors (Lipinski definition) is 2. The molecule has 0 fully saturated rings. The second-order valence-electron chi connectivity index (χ2n) is 3.12. The highest BCUT2D eigenvalue weighted by Gasteiger charge is 2.15. The minimum absolute atomic E-state index is 0.0672. The predicted octanol–water partition coefficient (Wildman–Crippen LogP) is 1.95. The fraction of sp³-hybridized carbons (Fsp3) is 0.111. The number of rotatable bonds is 3. The Morgan fingerprint density at radius 3 is 2.61 bits per heavy atom. The number of nitrogens with one attached hydrogen (secondary N) is 1. The molecule has 18 heavy (non-hydrogen) atoms. The molecular weight excluding hydrogens is 297 g/mol. The molecule has 0 unspecified atom stereocenters. The van der Waals surface area contributed by atoms with Crippen molar-refractivity contribution in [2.45, 2.75) is 6.54 Å². The highest BCUT2D eigenvalue weighted by molar-refractivity contribution is 7.09. The van der Waals surface area contributed by atoms with Crippen LogP contribution in [0.1, 0.15) is 15.5 Å². The van der Waals surface area contributed by atoms with E-state index in [4.69, 9.17) is 28.9 Å². The molecule has 0 atom stereocenters. The first kappa shape index (κ1) is 13.2. The molecule has 0 spiro atoms. The lowest BCUT2D eigenvalue weighted by atomic mass is 10.4. The zero-order chi connectivity index (χ0) is 13.1. The van der Waals surface area contributed by atoms with Crippen LogP contribution >= 0.6 is 34.5 Å². The van der Waals surface area contributed by atoms with Gasteiger partial charge < -0.3 is 11.1 Å². The molecule has 1 amide bonds. The normalized spacial score (nSPS) is 10.4. The first-order valence-corrected chi connectivity index (χ1v) is 6.37. The maximum Gasteiger partial charge on any atom is 0.275 e. The average Bonchev–Trinajstić information content (AvgIpc) is 2.82. The van der Waals surface area contributed by atoms with Crippen LogP contribution < -0.4 is 11.1 Å². The minimum atomic E-state index is -0.440. The van der Waals surface area contributed by atoms with Crippen molar-refractivity contribution in [1.29, 1.82) is 0 Å². The first-order valence-electron chi connectivity index (χ1n) is 4.73. The van der Waals surface area contributed by atoms with Gasteiger partial charge >= 0.3 is 0 Å². The highest BCUT2D eigenvalue weighted by Crippen LogP contribution is 2.26. The van der Waals surface area contributed by atoms with Gasteiger partial charge in [-0.05, 0) is 0 Å². The van der Waals surface area contributed by atoms with E-state index in [1.807, 2.05) is 0 Å². The lowest BCUT2D eigenvalue weighted by Gasteiger charge is -2.05. The van der Waals surface area contributed by atoms with Crippen LogP contribution in [0.15, 0.2) is 11.7 Å². The number of hydrogen-bond acceptors (Lipinski definition) is 6. The molecule has 0 saturated heterocycles. The number of nitrogens with two attached hydrogens (primary N) is 1. The predicted molar refractivity (Wildman–Crippen MR) is 70.0 cm³/mol. The molecule has 0 aliphatic rings. The van der Waals surface area contributed by atoms with Crippen LogP contribution in [0, 0.1) is 0 Å². The molecule has 0 aliphatic carbocycles. The Hall–Kier alpha value is -1.28. The summed E-state index contributed by atoms with van der Waals surface area (Å²) in [5.74, 6) is -0.440. The summed E-state index contributed by atoms with van der Waals surface area (Å²) in [6.07, 6.45) is 1.20. The van der Waals surface area contributed by atoms with Crippen molar-refractivity contribution in [3.63, 3.8) is 0 Å². The molecule has 2 aromatic heterocycles. The molecule has 2 rings (SSSR count). The molecular formula is C9H7Cl2N5OS. The van der Waals surface area contributed by atoms with Crippen LogP contribution in [0.2, 0.25) is 10.3 Å². The molecule has 94 valence electrons. The number of nitrogens with zero attached hydrogens (tertiary/aromatic N) is 3. The molecule has 0 aliphatic heterocycles. The lowest BCUT2D eigenvalue weighted by Crippen LogP contribution is -2.14. The van der Waals surface area contributed by atoms with Crippen LogP contribution in [0.4, 0.5) is 5.69 Å². The van der Waals surface area contributed by atoms with Crippen molar-refractivity contribution < 1.29 is 4.79 Å². The summed E-state index contributed by atoms with van der Waals surface area (Å²) in [4.78, 5) is 23.4. The first-order chi connectivity index (χ1) is 8.61. The third-order valence-electron chi connectivity index (χ3n) is 1.95. The van der Waals surface area contributed by atoms with E-state index < -0.39 is 5.91 Å². The van der Waals surface area contributed by atoms with Crippen LogP contribution in [-0.2, 0) is 6.54 Å². The van der Waals surface area contributed by atoms with E-state index in [9.17, 15) is 4.79 Å². The number of aromatic nitrogens is 3. The Balaban J connectivity index is 2.21. The molecule has 0 bridgehead atoms. The molecule has 0 radical (unpaired) electrons. The number of carbonyl (C=O) groups is 1. The fourth-order valence-electron chi connectivity index (χ4n) is 1.13. The summed E-state index contributed by atoms with van der Waals surface area (Å²) < 4.78 is 0. The largest absolute Gasteiger partial charge is 0.325 e. The summed E-state index contributed by atoms with van der Waals surface area (Å²) in [5.41, 5.74) is 5.83. The highest BCUT2D eigenvalue weighted by atomic mass is 35.5. The second kappa shape index (κ2) is 5.57. The number of anilines is 1. The zero-order valence-electron chi connectivity index (χ0n) is 8.85. The molecule has 3 N–H and O–H groups in total. The maximum absolute atomic E-state index is 11.9. The average molecular weight is 304 g/mol. The second-order valence-corrected chi connectivity index (χ2v) is 4.77. The summed E-state index contributed by atoms with van der Waals surface area (Å²) in [6.45, 7) is 0.286. The van der Waals surface area contributed by atoms with Crippen LogP contribution in [-0.4, -0.2) is 20.9 Å². The van der Waals surface area contributed by atoms with Crippen LogP contribution in [0.25, 0.3) is 0 Å². The minimum Gasteiger partial charge on any atom is -0.325 e. The Bertz CT molecular complexity index is 568. The zero-order valence-corrected chi connectivity index (χ0v) is 11.2. The van der Waals surface area contributed by atoms with E-state index in [0.29, 0.717) is 5.01 Å². The molecule has 0 aromatic carbocycles. The van der Waals surface area contributed by atoms with Crippen molar-refractivity contribution in [2.75, 3.05) is 5.32 Å². The Morgan fingerprint density at radius 1 is 1.39 bits per heavy atom. The van der Waals surface area contributed by atoms with Gasteiger partial charge in [0.15, 0.2) is 10.3 Å². The van der Waals surface area contributed by atoms with Crippen molar-refractivity contribution >= 4 is 46.1 Å². The van der Waals surface area contributed by atoms with Crippen molar-refractivity contribution in [2.24, 2.45) is 5.73 Å². The number of thiazole rings is 1. The van der Waals surface area contributed by atoms with Gasteiger partial charge in [-0.2, -0.15) is 0 Å². The number of amides is 1. The fourth-order valence-corrected chi connectivity index (χ4v) is 2.20. The SMILES string of the molecule is NCc1nc(C(=O)Nc2c(Cl)ncnc2Cl)cs1. The molecule has 9 heteroatoms. The van der Waals surface area contributed by atoms with Crippen molar-refractivity contribution in [1.82, 2.24) is 15.0 Å². The smallest absolute Gasteiger partial charge is 0.275 e. The quantitative estimate of drug-likeness (QED) is 0.845. The van der Waals surface area contributed by atoms with Gasteiger partial charge in [0.05, 0.1) is 0 Å². The van der Waals surface area contributed by atoms with E-state index in [1.54, 1.807) is 5.38 Å². The van der Waals surface area contributed by atoms with Gasteiger partial charge in [0.25, 0.3) is 5.91 Å². The van der Waals surface area contributed by atoms with Crippen molar-refractivity contribution in [3.8, 4) is 0 Å². The molecule has 0 saturated carbocycles. The van der Waals surface area contributed by atoms with Gasteiger partial charge in [0, 0.05) is 11.9 Å². The van der Waals surface area contributed by atoms with Crippen molar-refractivity contribution in [3.05, 3.63) is 32.7 Å². The summed E-state index contributed by atoms with van der Waals surface area (Å²) in [6, 6.07) is 0. The van der Waals surface area contributed by atoms with Gasteiger partial charge in [-0.15, -0.1) is 11.3 Å².